The van der Waals surface area contributed by atoms with Crippen molar-refractivity contribution in [1.29, 1.82) is 0 Å². The third-order valence-electron chi connectivity index (χ3n) is 1.76. The molecule has 0 bridgehead atoms. The van der Waals surface area contributed by atoms with Gasteiger partial charge in [0.05, 0.1) is 25.0 Å². The van der Waals surface area contributed by atoms with Crippen molar-refractivity contribution >= 4 is 12.4 Å². The van der Waals surface area contributed by atoms with Crippen LogP contribution in [0.2, 0.25) is 0 Å². The number of allylic oxidation sites excluding steroid dienone is 2. The number of amides is 1. The molecule has 5 nitrogen and oxygen atoms in total. The van der Waals surface area contributed by atoms with Crippen molar-refractivity contribution < 1.29 is 32.2 Å². The summed E-state index contributed by atoms with van der Waals surface area (Å²) < 4.78 is 47.5. The Hall–Kier alpha value is -1.99. The fraction of sp³-hybridized carbons (Fsp3) is 0.455. The van der Waals surface area contributed by atoms with Crippen molar-refractivity contribution in [3.63, 3.8) is 0 Å². The molecule has 0 aromatic heterocycles. The van der Waals surface area contributed by atoms with E-state index in [1.165, 1.54) is 6.92 Å². The van der Waals surface area contributed by atoms with Gasteiger partial charge in [-0.25, -0.2) is 4.79 Å². The summed E-state index contributed by atoms with van der Waals surface area (Å²) in [6.07, 6.45) is -3.54. The zero-order valence-electron chi connectivity index (χ0n) is 10.4. The van der Waals surface area contributed by atoms with Crippen molar-refractivity contribution in [1.82, 2.24) is 5.32 Å². The van der Waals surface area contributed by atoms with Crippen LogP contribution in [-0.2, 0) is 19.1 Å². The van der Waals surface area contributed by atoms with Gasteiger partial charge in [0.25, 0.3) is 0 Å². The van der Waals surface area contributed by atoms with Gasteiger partial charge in [0.2, 0.25) is 6.41 Å². The van der Waals surface area contributed by atoms with Gasteiger partial charge >= 0.3 is 12.1 Å². The van der Waals surface area contributed by atoms with Gasteiger partial charge in [-0.05, 0) is 19.9 Å². The molecule has 19 heavy (non-hydrogen) atoms. The summed E-state index contributed by atoms with van der Waals surface area (Å²) in [5.74, 6) is -1.27. The van der Waals surface area contributed by atoms with Crippen LogP contribution in [0.5, 0.6) is 0 Å². The summed E-state index contributed by atoms with van der Waals surface area (Å²) in [7, 11) is 0. The number of esters is 1. The zero-order chi connectivity index (χ0) is 14.9. The Labute approximate surface area is 108 Å². The largest absolute Gasteiger partial charge is 0.501 e. The summed E-state index contributed by atoms with van der Waals surface area (Å²) >= 11 is 0. The van der Waals surface area contributed by atoms with Gasteiger partial charge in [-0.15, -0.1) is 0 Å². The van der Waals surface area contributed by atoms with Crippen LogP contribution >= 0.6 is 0 Å². The number of nitrogens with one attached hydrogen (secondary N) is 1. The van der Waals surface area contributed by atoms with Crippen LogP contribution in [0.4, 0.5) is 13.2 Å². The molecule has 0 aliphatic rings. The Morgan fingerprint density at radius 1 is 1.26 bits per heavy atom. The Morgan fingerprint density at radius 2 is 1.89 bits per heavy atom. The summed E-state index contributed by atoms with van der Waals surface area (Å²) in [4.78, 5) is 21.7. The van der Waals surface area contributed by atoms with E-state index in [-0.39, 0.29) is 19.6 Å². The van der Waals surface area contributed by atoms with Crippen molar-refractivity contribution in [2.75, 3.05) is 13.2 Å². The Balaban J connectivity index is 5.56. The Morgan fingerprint density at radius 3 is 2.32 bits per heavy atom. The molecule has 0 aliphatic carbocycles. The van der Waals surface area contributed by atoms with Gasteiger partial charge in [-0.1, -0.05) is 0 Å². The number of rotatable bonds is 7. The normalized spacial score (nSPS) is 12.9. The van der Waals surface area contributed by atoms with Crippen LogP contribution in [0.15, 0.2) is 23.6 Å². The monoisotopic (exact) mass is 281 g/mol. The molecule has 0 atom stereocenters. The molecule has 8 heteroatoms. The number of alkyl halides is 3. The number of hydrogen-bond donors (Lipinski definition) is 1. The number of hydrogen-bond acceptors (Lipinski definition) is 4. The molecule has 0 radical (unpaired) electrons. The first kappa shape index (κ1) is 17.0. The third-order valence-corrected chi connectivity index (χ3v) is 1.76. The fourth-order valence-electron chi connectivity index (χ4n) is 1.04. The second kappa shape index (κ2) is 8.17. The van der Waals surface area contributed by atoms with Gasteiger partial charge in [0.1, 0.15) is 5.70 Å². The van der Waals surface area contributed by atoms with Gasteiger partial charge < -0.3 is 14.8 Å². The first-order valence-electron chi connectivity index (χ1n) is 5.35. The zero-order valence-corrected chi connectivity index (χ0v) is 10.4. The lowest BCUT2D eigenvalue weighted by atomic mass is 10.2. The highest BCUT2D eigenvalue weighted by atomic mass is 19.4. The number of carbonyl (C=O) groups excluding carboxylic acids is 2. The van der Waals surface area contributed by atoms with E-state index in [0.29, 0.717) is 6.08 Å². The molecule has 0 aromatic carbocycles. The standard InChI is InChI=1S/C11H14F3NO4/c1-3-18-6-5-8(11(12,13)14)9(15-7-16)10(17)19-4-2/h5-7H,3-4H2,1-2H3,(H,15,16)/b6-5+,9-8-. The fourth-order valence-corrected chi connectivity index (χ4v) is 1.04. The lowest BCUT2D eigenvalue weighted by Crippen LogP contribution is -2.27. The van der Waals surface area contributed by atoms with Crippen LogP contribution in [0.1, 0.15) is 13.8 Å². The highest BCUT2D eigenvalue weighted by molar-refractivity contribution is 5.91. The smallest absolute Gasteiger partial charge is 0.418 e. The SMILES string of the molecule is CCO/C=C/C(=C(/NC=O)C(=O)OCC)C(F)(F)F. The molecular formula is C11H14F3NO4. The molecule has 0 spiro atoms. The van der Waals surface area contributed by atoms with E-state index in [2.05, 4.69) is 9.47 Å². The molecule has 108 valence electrons. The topological polar surface area (TPSA) is 64.6 Å². The van der Waals surface area contributed by atoms with E-state index >= 15 is 0 Å². The minimum atomic E-state index is -4.84. The minimum absolute atomic E-state index is 0.0352. The second-order valence-electron chi connectivity index (χ2n) is 3.03. The number of ether oxygens (including phenoxy) is 2. The van der Waals surface area contributed by atoms with Gasteiger partial charge in [0.15, 0.2) is 0 Å². The van der Waals surface area contributed by atoms with Crippen LogP contribution < -0.4 is 5.32 Å². The Bertz CT molecular complexity index is 375. The number of carbonyl (C=O) groups is 2. The average molecular weight is 281 g/mol. The van der Waals surface area contributed by atoms with E-state index in [4.69, 9.17) is 0 Å². The van der Waals surface area contributed by atoms with Crippen molar-refractivity contribution in [2.45, 2.75) is 20.0 Å². The maximum absolute atomic E-state index is 12.8. The van der Waals surface area contributed by atoms with Gasteiger partial charge in [0, 0.05) is 0 Å². The van der Waals surface area contributed by atoms with E-state index in [1.54, 1.807) is 12.2 Å². The average Bonchev–Trinajstić information content (AvgIpc) is 2.31. The van der Waals surface area contributed by atoms with Crippen LogP contribution in [0.25, 0.3) is 0 Å². The molecule has 1 N–H and O–H groups in total. The summed E-state index contributed by atoms with van der Waals surface area (Å²) in [5.41, 5.74) is -2.34. The van der Waals surface area contributed by atoms with Crippen molar-refractivity contribution in [3.8, 4) is 0 Å². The summed E-state index contributed by atoms with van der Waals surface area (Å²) in [6.45, 7) is 3.05. The van der Waals surface area contributed by atoms with Crippen molar-refractivity contribution in [3.05, 3.63) is 23.6 Å². The quantitative estimate of drug-likeness (QED) is 0.253. The van der Waals surface area contributed by atoms with Gasteiger partial charge in [-0.3, -0.25) is 4.79 Å². The highest BCUT2D eigenvalue weighted by Gasteiger charge is 2.37. The molecule has 0 heterocycles. The summed E-state index contributed by atoms with van der Waals surface area (Å²) in [5, 5.41) is 1.70. The molecule has 0 unspecified atom stereocenters. The Kier molecular flexibility index (Phi) is 7.32. The maximum atomic E-state index is 12.8. The van der Waals surface area contributed by atoms with E-state index in [0.717, 1.165) is 6.26 Å². The maximum Gasteiger partial charge on any atom is 0.418 e. The lowest BCUT2D eigenvalue weighted by Gasteiger charge is -2.13. The molecule has 0 rings (SSSR count). The molecular weight excluding hydrogens is 267 g/mol. The van der Waals surface area contributed by atoms with E-state index in [1.807, 2.05) is 0 Å². The van der Waals surface area contributed by atoms with E-state index in [9.17, 15) is 22.8 Å². The third kappa shape index (κ3) is 5.94. The molecule has 0 saturated carbocycles. The molecule has 0 saturated heterocycles. The number of halogens is 3. The first-order valence-corrected chi connectivity index (χ1v) is 5.35. The van der Waals surface area contributed by atoms with Crippen molar-refractivity contribution in [2.24, 2.45) is 0 Å². The highest BCUT2D eigenvalue weighted by Crippen LogP contribution is 2.29. The van der Waals surface area contributed by atoms with Gasteiger partial charge in [-0.2, -0.15) is 13.2 Å². The second-order valence-corrected chi connectivity index (χ2v) is 3.03. The van der Waals surface area contributed by atoms with E-state index < -0.39 is 23.4 Å². The molecule has 0 fully saturated rings. The summed E-state index contributed by atoms with van der Waals surface area (Å²) in [6, 6.07) is 0. The molecule has 1 amide bonds. The molecule has 0 aromatic rings. The predicted molar refractivity (Wildman–Crippen MR) is 59.7 cm³/mol. The minimum Gasteiger partial charge on any atom is -0.501 e. The predicted octanol–water partition coefficient (Wildman–Crippen LogP) is 1.66. The van der Waals surface area contributed by atoms with Crippen LogP contribution in [0.3, 0.4) is 0 Å². The lowest BCUT2D eigenvalue weighted by molar-refractivity contribution is -0.140. The van der Waals surface area contributed by atoms with Crippen LogP contribution in [-0.4, -0.2) is 31.8 Å². The van der Waals surface area contributed by atoms with Crippen LogP contribution in [0, 0.1) is 0 Å². The first-order chi connectivity index (χ1) is 8.88. The molecule has 0 aliphatic heterocycles.